The van der Waals surface area contributed by atoms with Crippen LogP contribution in [0.25, 0.3) is 6.08 Å². The fourth-order valence-electron chi connectivity index (χ4n) is 2.26. The highest BCUT2D eigenvalue weighted by molar-refractivity contribution is 6.30. The Morgan fingerprint density at radius 3 is 2.48 bits per heavy atom. The van der Waals surface area contributed by atoms with E-state index in [0.717, 1.165) is 11.1 Å². The third-order valence-corrected chi connectivity index (χ3v) is 3.86. The molecule has 0 aliphatic rings. The molecule has 0 saturated carbocycles. The molecule has 0 aromatic heterocycles. The summed E-state index contributed by atoms with van der Waals surface area (Å²) >= 11 is 5.87. The molecule has 0 bridgehead atoms. The summed E-state index contributed by atoms with van der Waals surface area (Å²) < 4.78 is 15.3. The number of methoxy groups -OCH3 is 2. The number of anilines is 1. The van der Waals surface area contributed by atoms with Crippen molar-refractivity contribution in [2.24, 2.45) is 0 Å². The number of carbonyl (C=O) groups excluding carboxylic acids is 2. The molecular formula is C20H20ClNO5. The summed E-state index contributed by atoms with van der Waals surface area (Å²) in [5.74, 6) is 0.0678. The van der Waals surface area contributed by atoms with Gasteiger partial charge < -0.3 is 19.5 Å². The van der Waals surface area contributed by atoms with Crippen LogP contribution in [0.15, 0.2) is 42.5 Å². The molecule has 0 aliphatic heterocycles. The van der Waals surface area contributed by atoms with E-state index in [2.05, 4.69) is 5.32 Å². The number of ether oxygens (including phenoxy) is 3. The van der Waals surface area contributed by atoms with Gasteiger partial charge in [-0.1, -0.05) is 17.7 Å². The second-order valence-electron chi connectivity index (χ2n) is 5.56. The van der Waals surface area contributed by atoms with Gasteiger partial charge in [0.1, 0.15) is 0 Å². The molecule has 0 unspecified atom stereocenters. The van der Waals surface area contributed by atoms with Crippen LogP contribution < -0.4 is 14.8 Å². The molecule has 142 valence electrons. The summed E-state index contributed by atoms with van der Waals surface area (Å²) in [4.78, 5) is 23.7. The molecule has 6 nitrogen and oxygen atoms in total. The first-order valence-electron chi connectivity index (χ1n) is 8.06. The Morgan fingerprint density at radius 2 is 1.81 bits per heavy atom. The van der Waals surface area contributed by atoms with Crippen molar-refractivity contribution < 1.29 is 23.8 Å². The van der Waals surface area contributed by atoms with Crippen molar-refractivity contribution in [1.29, 1.82) is 0 Å². The number of esters is 1. The van der Waals surface area contributed by atoms with Gasteiger partial charge in [0.25, 0.3) is 5.91 Å². The van der Waals surface area contributed by atoms with Gasteiger partial charge in [0, 0.05) is 16.8 Å². The van der Waals surface area contributed by atoms with Crippen LogP contribution in [0.3, 0.4) is 0 Å². The largest absolute Gasteiger partial charge is 0.493 e. The fraction of sp³-hybridized carbons (Fsp3) is 0.200. The predicted octanol–water partition coefficient (Wildman–Crippen LogP) is 3.86. The number of aryl methyl sites for hydroxylation is 1. The molecule has 0 aliphatic carbocycles. The maximum atomic E-state index is 11.9. The first-order chi connectivity index (χ1) is 12.9. The smallest absolute Gasteiger partial charge is 0.331 e. The monoisotopic (exact) mass is 389 g/mol. The lowest BCUT2D eigenvalue weighted by atomic mass is 10.2. The zero-order chi connectivity index (χ0) is 19.8. The van der Waals surface area contributed by atoms with Crippen LogP contribution in [-0.2, 0) is 14.3 Å². The van der Waals surface area contributed by atoms with Gasteiger partial charge in [0.2, 0.25) is 0 Å². The van der Waals surface area contributed by atoms with E-state index in [9.17, 15) is 9.59 Å². The van der Waals surface area contributed by atoms with Crippen molar-refractivity contribution in [3.05, 3.63) is 58.6 Å². The second kappa shape index (κ2) is 9.64. The molecule has 0 heterocycles. The van der Waals surface area contributed by atoms with E-state index in [0.29, 0.717) is 22.2 Å². The summed E-state index contributed by atoms with van der Waals surface area (Å²) in [7, 11) is 3.07. The molecule has 0 saturated heterocycles. The van der Waals surface area contributed by atoms with E-state index >= 15 is 0 Å². The third-order valence-electron chi connectivity index (χ3n) is 3.63. The van der Waals surface area contributed by atoms with E-state index < -0.39 is 18.5 Å². The molecule has 2 aromatic rings. The predicted molar refractivity (Wildman–Crippen MR) is 104 cm³/mol. The van der Waals surface area contributed by atoms with Crippen molar-refractivity contribution in [1.82, 2.24) is 0 Å². The van der Waals surface area contributed by atoms with Gasteiger partial charge in [0.05, 0.1) is 14.2 Å². The van der Waals surface area contributed by atoms with E-state index in [4.69, 9.17) is 25.8 Å². The van der Waals surface area contributed by atoms with E-state index in [1.807, 2.05) is 6.92 Å². The minimum Gasteiger partial charge on any atom is -0.493 e. The zero-order valence-electron chi connectivity index (χ0n) is 15.2. The highest BCUT2D eigenvalue weighted by Crippen LogP contribution is 2.28. The van der Waals surface area contributed by atoms with Gasteiger partial charge in [-0.3, -0.25) is 4.79 Å². The molecule has 2 rings (SSSR count). The molecule has 7 heteroatoms. The van der Waals surface area contributed by atoms with Gasteiger partial charge in [0.15, 0.2) is 18.1 Å². The molecule has 27 heavy (non-hydrogen) atoms. The minimum atomic E-state index is -0.632. The Kier molecular flexibility index (Phi) is 7.25. The highest BCUT2D eigenvalue weighted by Gasteiger charge is 2.08. The van der Waals surface area contributed by atoms with Crippen LogP contribution in [0.5, 0.6) is 11.5 Å². The standard InChI is InChI=1S/C20H20ClNO5/c1-13-10-15(21)6-7-16(13)22-19(23)12-27-20(24)9-5-14-4-8-17(25-2)18(11-14)26-3/h4-11H,12H2,1-3H3,(H,22,23). The van der Waals surface area contributed by atoms with Crippen LogP contribution in [0.2, 0.25) is 5.02 Å². The lowest BCUT2D eigenvalue weighted by Crippen LogP contribution is -2.20. The van der Waals surface area contributed by atoms with Crippen molar-refractivity contribution in [2.45, 2.75) is 6.92 Å². The lowest BCUT2D eigenvalue weighted by molar-refractivity contribution is -0.142. The number of amides is 1. The zero-order valence-corrected chi connectivity index (χ0v) is 16.0. The fourth-order valence-corrected chi connectivity index (χ4v) is 2.49. The summed E-state index contributed by atoms with van der Waals surface area (Å²) in [6.07, 6.45) is 2.80. The average molecular weight is 390 g/mol. The van der Waals surface area contributed by atoms with Crippen LogP contribution in [0, 0.1) is 6.92 Å². The number of hydrogen-bond donors (Lipinski definition) is 1. The van der Waals surface area contributed by atoms with Gasteiger partial charge >= 0.3 is 5.97 Å². The molecule has 0 radical (unpaired) electrons. The van der Waals surface area contributed by atoms with E-state index in [1.54, 1.807) is 49.6 Å². The van der Waals surface area contributed by atoms with Crippen LogP contribution in [0.4, 0.5) is 5.69 Å². The van der Waals surface area contributed by atoms with Crippen molar-refractivity contribution >= 4 is 35.2 Å². The average Bonchev–Trinajstić information content (AvgIpc) is 2.66. The van der Waals surface area contributed by atoms with Crippen molar-refractivity contribution in [2.75, 3.05) is 26.1 Å². The van der Waals surface area contributed by atoms with Gasteiger partial charge in [-0.05, 0) is 54.5 Å². The Labute approximate surface area is 162 Å². The topological polar surface area (TPSA) is 73.9 Å². The van der Waals surface area contributed by atoms with Crippen LogP contribution in [0.1, 0.15) is 11.1 Å². The van der Waals surface area contributed by atoms with Gasteiger partial charge in [-0.25, -0.2) is 4.79 Å². The summed E-state index contributed by atoms with van der Waals surface area (Å²) in [6, 6.07) is 10.3. The Morgan fingerprint density at radius 1 is 1.07 bits per heavy atom. The quantitative estimate of drug-likeness (QED) is 0.575. The van der Waals surface area contributed by atoms with Gasteiger partial charge in [-0.2, -0.15) is 0 Å². The van der Waals surface area contributed by atoms with Gasteiger partial charge in [-0.15, -0.1) is 0 Å². The Balaban J connectivity index is 1.88. The number of nitrogens with one attached hydrogen (secondary N) is 1. The molecule has 0 fully saturated rings. The highest BCUT2D eigenvalue weighted by atomic mass is 35.5. The third kappa shape index (κ3) is 6.04. The molecule has 1 amide bonds. The normalized spacial score (nSPS) is 10.5. The van der Waals surface area contributed by atoms with Crippen LogP contribution in [-0.4, -0.2) is 32.7 Å². The number of hydrogen-bond acceptors (Lipinski definition) is 5. The lowest BCUT2D eigenvalue weighted by Gasteiger charge is -2.09. The summed E-state index contributed by atoms with van der Waals surface area (Å²) in [6.45, 7) is 1.43. The van der Waals surface area contributed by atoms with Crippen LogP contribution >= 0.6 is 11.6 Å². The number of rotatable bonds is 7. The Hall–Kier alpha value is -2.99. The first-order valence-corrected chi connectivity index (χ1v) is 8.43. The first kappa shape index (κ1) is 20.3. The Bertz CT molecular complexity index is 863. The molecule has 0 spiro atoms. The summed E-state index contributed by atoms with van der Waals surface area (Å²) in [5.41, 5.74) is 2.16. The number of carbonyl (C=O) groups is 2. The molecule has 0 atom stereocenters. The molecule has 1 N–H and O–H groups in total. The number of benzene rings is 2. The maximum Gasteiger partial charge on any atom is 0.331 e. The van der Waals surface area contributed by atoms with Crippen molar-refractivity contribution in [3.8, 4) is 11.5 Å². The second-order valence-corrected chi connectivity index (χ2v) is 6.00. The van der Waals surface area contributed by atoms with E-state index in [1.165, 1.54) is 13.2 Å². The molecule has 2 aromatic carbocycles. The molecular weight excluding hydrogens is 370 g/mol. The SMILES string of the molecule is COc1ccc(C=CC(=O)OCC(=O)Nc2ccc(Cl)cc2C)cc1OC. The van der Waals surface area contributed by atoms with Crippen molar-refractivity contribution in [3.63, 3.8) is 0 Å². The minimum absolute atomic E-state index is 0.392. The van der Waals surface area contributed by atoms with E-state index in [-0.39, 0.29) is 0 Å². The maximum absolute atomic E-state index is 11.9. The summed E-state index contributed by atoms with van der Waals surface area (Å²) in [5, 5.41) is 3.25. The number of halogens is 1.